The van der Waals surface area contributed by atoms with Gasteiger partial charge in [-0.15, -0.1) is 11.3 Å². The Bertz CT molecular complexity index is 989. The molecule has 0 amide bonds. The number of halogens is 2. The lowest BCUT2D eigenvalue weighted by atomic mass is 9.85. The fraction of sp³-hybridized carbons (Fsp3) is 0.429. The molecule has 29 heavy (non-hydrogen) atoms. The van der Waals surface area contributed by atoms with Gasteiger partial charge in [0.1, 0.15) is 0 Å². The van der Waals surface area contributed by atoms with Crippen molar-refractivity contribution in [2.45, 2.75) is 43.9 Å². The molecule has 5 rings (SSSR count). The summed E-state index contributed by atoms with van der Waals surface area (Å²) in [4.78, 5) is 27.4. The molecule has 0 N–H and O–H groups in total. The van der Waals surface area contributed by atoms with E-state index < -0.39 is 17.8 Å². The van der Waals surface area contributed by atoms with Crippen LogP contribution in [0.2, 0.25) is 10.0 Å². The third kappa shape index (κ3) is 3.17. The number of benzene rings is 1. The van der Waals surface area contributed by atoms with Crippen molar-refractivity contribution in [3.63, 3.8) is 0 Å². The summed E-state index contributed by atoms with van der Waals surface area (Å²) < 4.78 is 11.1. The van der Waals surface area contributed by atoms with Gasteiger partial charge in [-0.3, -0.25) is 0 Å². The molecule has 1 aliphatic carbocycles. The van der Waals surface area contributed by atoms with Crippen molar-refractivity contribution in [3.05, 3.63) is 55.2 Å². The number of aryl methyl sites for hydroxylation is 1. The maximum absolute atomic E-state index is 12.0. The van der Waals surface area contributed by atoms with E-state index in [0.29, 0.717) is 41.0 Å². The van der Waals surface area contributed by atoms with Crippen LogP contribution in [-0.2, 0) is 37.8 Å². The highest BCUT2D eigenvalue weighted by Crippen LogP contribution is 2.45. The van der Waals surface area contributed by atoms with Crippen LogP contribution in [0.1, 0.15) is 46.7 Å². The first-order valence-electron chi connectivity index (χ1n) is 9.74. The van der Waals surface area contributed by atoms with Gasteiger partial charge in [-0.1, -0.05) is 23.2 Å². The highest BCUT2D eigenvalue weighted by molar-refractivity contribution is 7.10. The standard InChI is InChI=1S/C21H19Cl2NO4S/c22-13-10-16-15(17(23)11-13)5-8-24(21(16)27-19(25)20(26)28-21)7-4-12-2-1-3-18-14(12)6-9-29-18/h6,9-12H,1-5,7-8H2. The molecule has 0 saturated carbocycles. The minimum absolute atomic E-state index is 0.407. The summed E-state index contributed by atoms with van der Waals surface area (Å²) >= 11 is 14.4. The van der Waals surface area contributed by atoms with Crippen LogP contribution in [0.15, 0.2) is 23.6 Å². The molecule has 2 aliphatic heterocycles. The average molecular weight is 452 g/mol. The molecule has 152 valence electrons. The van der Waals surface area contributed by atoms with Gasteiger partial charge in [0, 0.05) is 28.0 Å². The number of carbonyl (C=O) groups excluding carboxylic acids is 2. The van der Waals surface area contributed by atoms with E-state index in [0.717, 1.165) is 24.8 Å². The largest absolute Gasteiger partial charge is 0.422 e. The zero-order valence-corrected chi connectivity index (χ0v) is 17.9. The number of rotatable bonds is 3. The fourth-order valence-corrected chi connectivity index (χ4v) is 6.35. The SMILES string of the molecule is O=C1OC2(OC1=O)c1cc(Cl)cc(Cl)c1CCN2CCC1CCCc2sccc21. The van der Waals surface area contributed by atoms with Crippen molar-refractivity contribution >= 4 is 46.5 Å². The lowest BCUT2D eigenvalue weighted by molar-refractivity contribution is -0.264. The van der Waals surface area contributed by atoms with E-state index in [1.54, 1.807) is 12.1 Å². The molecule has 3 aliphatic rings. The number of thiophene rings is 1. The predicted octanol–water partition coefficient (Wildman–Crippen LogP) is 4.63. The molecular formula is C21H19Cl2NO4S. The summed E-state index contributed by atoms with van der Waals surface area (Å²) in [6.07, 6.45) is 5.03. The van der Waals surface area contributed by atoms with Crippen LogP contribution in [0, 0.1) is 0 Å². The summed E-state index contributed by atoms with van der Waals surface area (Å²) in [7, 11) is 0. The van der Waals surface area contributed by atoms with Crippen molar-refractivity contribution in [1.29, 1.82) is 0 Å². The number of nitrogens with zero attached hydrogens (tertiary/aromatic N) is 1. The van der Waals surface area contributed by atoms with E-state index in [4.69, 9.17) is 32.7 Å². The summed E-state index contributed by atoms with van der Waals surface area (Å²) in [6, 6.07) is 5.56. The van der Waals surface area contributed by atoms with Gasteiger partial charge in [-0.25, -0.2) is 14.5 Å². The second-order valence-electron chi connectivity index (χ2n) is 7.69. The van der Waals surface area contributed by atoms with E-state index in [-0.39, 0.29) is 0 Å². The third-order valence-corrected chi connectivity index (χ3v) is 7.65. The molecule has 1 fully saturated rings. The first-order chi connectivity index (χ1) is 14.0. The Morgan fingerprint density at radius 2 is 1.97 bits per heavy atom. The lowest BCUT2D eigenvalue weighted by Crippen LogP contribution is -2.52. The molecule has 0 bridgehead atoms. The Morgan fingerprint density at radius 1 is 1.17 bits per heavy atom. The number of carbonyl (C=O) groups is 2. The lowest BCUT2D eigenvalue weighted by Gasteiger charge is -2.42. The number of ether oxygens (including phenoxy) is 2. The first-order valence-corrected chi connectivity index (χ1v) is 11.4. The van der Waals surface area contributed by atoms with E-state index in [1.807, 2.05) is 16.2 Å². The summed E-state index contributed by atoms with van der Waals surface area (Å²) in [6.45, 7) is 1.20. The van der Waals surface area contributed by atoms with Gasteiger partial charge in [0.25, 0.3) is 0 Å². The van der Waals surface area contributed by atoms with E-state index in [1.165, 1.54) is 16.9 Å². The topological polar surface area (TPSA) is 55.8 Å². The van der Waals surface area contributed by atoms with Crippen LogP contribution in [0.4, 0.5) is 0 Å². The predicted molar refractivity (Wildman–Crippen MR) is 110 cm³/mol. The Hall–Kier alpha value is -1.60. The second-order valence-corrected chi connectivity index (χ2v) is 9.53. The summed E-state index contributed by atoms with van der Waals surface area (Å²) in [5.74, 6) is -3.10. The molecule has 1 aromatic heterocycles. The minimum atomic E-state index is -1.58. The van der Waals surface area contributed by atoms with E-state index in [9.17, 15) is 9.59 Å². The maximum atomic E-state index is 12.0. The number of hydrogen-bond acceptors (Lipinski definition) is 6. The smallest absolute Gasteiger partial charge is 0.395 e. The molecular weight excluding hydrogens is 433 g/mol. The summed E-state index contributed by atoms with van der Waals surface area (Å²) in [5.41, 5.74) is 2.77. The van der Waals surface area contributed by atoms with Crippen LogP contribution < -0.4 is 0 Å². The van der Waals surface area contributed by atoms with Gasteiger partial charge in [-0.05, 0) is 72.7 Å². The van der Waals surface area contributed by atoms with Crippen LogP contribution in [-0.4, -0.2) is 29.9 Å². The fourth-order valence-electron chi connectivity index (χ4n) is 4.75. The zero-order chi connectivity index (χ0) is 20.2. The zero-order valence-electron chi connectivity index (χ0n) is 15.6. The van der Waals surface area contributed by atoms with Gasteiger partial charge in [-0.2, -0.15) is 0 Å². The van der Waals surface area contributed by atoms with Gasteiger partial charge in [0.05, 0.1) is 5.56 Å². The third-order valence-electron chi connectivity index (χ3n) is 6.10. The van der Waals surface area contributed by atoms with Crippen molar-refractivity contribution in [3.8, 4) is 0 Å². The average Bonchev–Trinajstić information content (AvgIpc) is 3.27. The molecule has 3 heterocycles. The molecule has 1 saturated heterocycles. The van der Waals surface area contributed by atoms with Gasteiger partial charge < -0.3 is 9.47 Å². The Labute approximate surface area is 182 Å². The van der Waals surface area contributed by atoms with Crippen molar-refractivity contribution in [2.75, 3.05) is 13.1 Å². The molecule has 1 atom stereocenters. The Morgan fingerprint density at radius 3 is 2.76 bits per heavy atom. The van der Waals surface area contributed by atoms with E-state index >= 15 is 0 Å². The Kier molecular flexibility index (Phi) is 4.86. The highest BCUT2D eigenvalue weighted by Gasteiger charge is 2.57. The van der Waals surface area contributed by atoms with Crippen molar-refractivity contribution < 1.29 is 19.1 Å². The quantitative estimate of drug-likeness (QED) is 0.502. The highest BCUT2D eigenvalue weighted by atomic mass is 35.5. The van der Waals surface area contributed by atoms with Crippen LogP contribution >= 0.6 is 34.5 Å². The van der Waals surface area contributed by atoms with Gasteiger partial charge in [0.15, 0.2) is 0 Å². The van der Waals surface area contributed by atoms with Crippen LogP contribution in [0.25, 0.3) is 0 Å². The normalized spacial score (nSPS) is 22.9. The molecule has 8 heteroatoms. The van der Waals surface area contributed by atoms with Crippen molar-refractivity contribution in [2.24, 2.45) is 0 Å². The maximum Gasteiger partial charge on any atom is 0.422 e. The number of esters is 2. The first kappa shape index (κ1) is 19.4. The number of fused-ring (bicyclic) bond motifs is 3. The molecule has 5 nitrogen and oxygen atoms in total. The molecule has 0 radical (unpaired) electrons. The van der Waals surface area contributed by atoms with Crippen LogP contribution in [0.5, 0.6) is 0 Å². The number of hydrogen-bond donors (Lipinski definition) is 0. The monoisotopic (exact) mass is 451 g/mol. The second kappa shape index (κ2) is 7.27. The molecule has 1 unspecified atom stereocenters. The van der Waals surface area contributed by atoms with Crippen molar-refractivity contribution in [1.82, 2.24) is 4.90 Å². The summed E-state index contributed by atoms with van der Waals surface area (Å²) in [5, 5.41) is 3.05. The molecule has 2 aromatic rings. The van der Waals surface area contributed by atoms with Gasteiger partial charge in [0.2, 0.25) is 0 Å². The molecule has 1 aromatic carbocycles. The molecule has 1 spiro atoms. The Balaban J connectivity index is 1.47. The van der Waals surface area contributed by atoms with Crippen LogP contribution in [0.3, 0.4) is 0 Å². The van der Waals surface area contributed by atoms with E-state index in [2.05, 4.69) is 11.4 Å². The minimum Gasteiger partial charge on any atom is -0.395 e. The van der Waals surface area contributed by atoms with Gasteiger partial charge >= 0.3 is 17.8 Å².